The Balaban J connectivity index is 0.000000200. The number of ketones is 1. The Bertz CT molecular complexity index is 2080. The fraction of sp³-hybridized carbons (Fsp3) is 0.770. The van der Waals surface area contributed by atoms with E-state index in [1.54, 1.807) is 22.3 Å². The van der Waals surface area contributed by atoms with Gasteiger partial charge in [-0.05, 0) is 228 Å². The summed E-state index contributed by atoms with van der Waals surface area (Å²) in [5.74, 6) is 10.4. The molecule has 0 saturated heterocycles. The number of Topliss-reactive ketones (excluding diaryl/α,β-unsaturated/α-hetero) is 1. The Morgan fingerprint density at radius 2 is 0.873 bits per heavy atom. The molecule has 0 bridgehead atoms. The highest BCUT2D eigenvalue weighted by atomic mass is 19.1. The molecule has 0 amide bonds. The van der Waals surface area contributed by atoms with E-state index >= 15 is 0 Å². The molecule has 0 radical (unpaired) electrons. The molecule has 9 fully saturated rings. The molecule has 9 aliphatic carbocycles. The van der Waals surface area contributed by atoms with Crippen LogP contribution in [0, 0.1) is 93.2 Å². The molecule has 0 aromatic heterocycles. The first kappa shape index (κ1) is 65.7. The molecular formula is C74H122BFO3. The van der Waals surface area contributed by atoms with Gasteiger partial charge >= 0.3 is 7.52 Å². The maximum Gasteiger partial charge on any atom is 0.328 e. The van der Waals surface area contributed by atoms with Gasteiger partial charge in [-0.2, -0.15) is 0 Å². The molecule has 2 N–H and O–H groups in total. The van der Waals surface area contributed by atoms with E-state index in [9.17, 15) is 19.3 Å². The summed E-state index contributed by atoms with van der Waals surface area (Å²) >= 11 is 0. The van der Waals surface area contributed by atoms with Crippen molar-refractivity contribution < 1.29 is 19.3 Å². The first-order valence-electron chi connectivity index (χ1n) is 33.7. The summed E-state index contributed by atoms with van der Waals surface area (Å²) < 4.78 is 16.6. The lowest BCUT2D eigenvalue weighted by Crippen LogP contribution is -2.39. The standard InChI is InChI=1S/C25H40.C23H36O2.C14H24O.C11H18.CH4BF/c1-7-17(2)23-12-13-24-22(9-8-14-25(23,24)6)11-10-21-15-18(3)20(5)19(4)16-21;1-5-15(2)19-10-11-20-18(7-6-12-23(19,20)4)9-8-17-13-21(24)16(3)22(25)14-17;1-4-10(2)11-7-8-12-13(15)6-5-9-14(11,12)3;1-5-11-6-8(2)10(4)9(3)7-11;1-2-3/h10-11,17-19,23-24H,5,7-9,12-16H2,1-4,6H3;8-9,15,19-22,24-25H,3,5-7,10-14H2,1-2,4H3;10-12H,4-9H2,1-3H3;5,8-9H,4,6-7H2,1-3H3;2H,1H3/b22-11+;18-9+;;;/t17-,18+,19+,23?,24?,25+;15-,19?,20?,21+,22+,23+;10-,11?,12?,14+;8-,9-;/m0001./s1/i;;;;2T. The van der Waals surface area contributed by atoms with E-state index in [0.29, 0.717) is 70.0 Å². The zero-order valence-electron chi connectivity index (χ0n) is 54.9. The molecule has 9 aliphatic rings. The Labute approximate surface area is 489 Å². The molecule has 9 rings (SSSR count). The zero-order chi connectivity index (χ0) is 59.4. The largest absolute Gasteiger partial charge is 0.388 e. The van der Waals surface area contributed by atoms with Crippen LogP contribution in [0.15, 0.2) is 94.7 Å². The highest BCUT2D eigenvalue weighted by molar-refractivity contribution is 6.23. The van der Waals surface area contributed by atoms with E-state index < -0.39 is 19.7 Å². The molecular weight excluding hydrogens is 967 g/mol. The van der Waals surface area contributed by atoms with Crippen LogP contribution in [0.3, 0.4) is 0 Å². The molecule has 5 heteroatoms. The van der Waals surface area contributed by atoms with Gasteiger partial charge in [0.1, 0.15) is 5.78 Å². The van der Waals surface area contributed by atoms with Gasteiger partial charge in [0.15, 0.2) is 0 Å². The summed E-state index contributed by atoms with van der Waals surface area (Å²) in [5, 5.41) is 20.1. The van der Waals surface area contributed by atoms with E-state index in [4.69, 9.17) is 1.34 Å². The molecule has 3 nitrogen and oxygen atoms in total. The topological polar surface area (TPSA) is 57.5 Å². The molecule has 9 saturated carbocycles. The third kappa shape index (κ3) is 16.0. The summed E-state index contributed by atoms with van der Waals surface area (Å²) in [5.41, 5.74) is 12.7. The molecule has 6 unspecified atom stereocenters. The molecule has 0 heterocycles. The first-order valence-corrected chi connectivity index (χ1v) is 33.1. The second kappa shape index (κ2) is 30.4. The molecule has 0 aromatic rings. The fourth-order valence-electron chi connectivity index (χ4n) is 18.4. The minimum atomic E-state index is -1.42. The zero-order valence-corrected chi connectivity index (χ0v) is 53.9. The van der Waals surface area contributed by atoms with E-state index in [2.05, 4.69) is 147 Å². The summed E-state index contributed by atoms with van der Waals surface area (Å²) in [6.45, 7) is 46.6. The fourth-order valence-corrected chi connectivity index (χ4v) is 18.4. The summed E-state index contributed by atoms with van der Waals surface area (Å²) in [6.07, 6.45) is 40.2. The van der Waals surface area contributed by atoms with Gasteiger partial charge in [0.05, 0.1) is 12.2 Å². The lowest BCUT2D eigenvalue weighted by molar-refractivity contribution is -0.130. The van der Waals surface area contributed by atoms with Crippen LogP contribution in [0.4, 0.5) is 4.32 Å². The van der Waals surface area contributed by atoms with Gasteiger partial charge in [-0.3, -0.25) is 4.79 Å². The van der Waals surface area contributed by atoms with Crippen LogP contribution in [0.1, 0.15) is 251 Å². The molecule has 18 atom stereocenters. The third-order valence-corrected chi connectivity index (χ3v) is 24.1. The van der Waals surface area contributed by atoms with Crippen molar-refractivity contribution in [2.24, 2.45) is 93.2 Å². The Morgan fingerprint density at radius 1 is 0.557 bits per heavy atom. The number of halogens is 1. The van der Waals surface area contributed by atoms with Gasteiger partial charge in [-0.1, -0.05) is 205 Å². The monoisotopic (exact) mass is 1090 g/mol. The van der Waals surface area contributed by atoms with Gasteiger partial charge in [0, 0.05) is 13.7 Å². The van der Waals surface area contributed by atoms with Gasteiger partial charge in [0.2, 0.25) is 0 Å². The van der Waals surface area contributed by atoms with Gasteiger partial charge < -0.3 is 14.5 Å². The van der Waals surface area contributed by atoms with Crippen molar-refractivity contribution in [2.45, 2.75) is 270 Å². The second-order valence-electron chi connectivity index (χ2n) is 28.8. The second-order valence-corrected chi connectivity index (χ2v) is 28.8. The minimum absolute atomic E-state index is 0.352. The van der Waals surface area contributed by atoms with Crippen molar-refractivity contribution in [1.82, 2.24) is 0 Å². The van der Waals surface area contributed by atoms with Crippen molar-refractivity contribution >= 4 is 13.3 Å². The highest BCUT2D eigenvalue weighted by Gasteiger charge is 2.53. The number of carbonyl (C=O) groups excluding carboxylic acids is 1. The van der Waals surface area contributed by atoms with E-state index in [1.165, 1.54) is 146 Å². The average Bonchev–Trinajstić information content (AvgIpc) is 4.13. The van der Waals surface area contributed by atoms with Crippen molar-refractivity contribution in [3.05, 3.63) is 94.7 Å². The first-order chi connectivity index (χ1) is 37.7. The van der Waals surface area contributed by atoms with E-state index in [0.717, 1.165) is 65.8 Å². The number of aliphatic hydroxyl groups is 2. The lowest BCUT2D eigenvalue weighted by atomic mass is 9.61. The number of rotatable bonds is 8. The van der Waals surface area contributed by atoms with Crippen LogP contribution in [0.2, 0.25) is 6.82 Å². The number of fused-ring (bicyclic) bond motifs is 3. The molecule has 446 valence electrons. The van der Waals surface area contributed by atoms with Gasteiger partial charge in [-0.15, -0.1) is 0 Å². The third-order valence-electron chi connectivity index (χ3n) is 24.1. The van der Waals surface area contributed by atoms with Crippen LogP contribution >= 0.6 is 0 Å². The van der Waals surface area contributed by atoms with Crippen LogP contribution in [-0.2, 0) is 4.79 Å². The Hall–Kier alpha value is -2.50. The molecule has 0 aromatic carbocycles. The minimum Gasteiger partial charge on any atom is -0.388 e. The van der Waals surface area contributed by atoms with E-state index in [1.807, 2.05) is 0 Å². The number of allylic oxidation sites excluding steroid dienone is 11. The Morgan fingerprint density at radius 3 is 1.23 bits per heavy atom. The quantitative estimate of drug-likeness (QED) is 0.188. The predicted octanol–water partition coefficient (Wildman–Crippen LogP) is 20.6. The van der Waals surface area contributed by atoms with Crippen molar-refractivity contribution in [2.75, 3.05) is 0 Å². The van der Waals surface area contributed by atoms with Crippen LogP contribution in [-0.4, -0.2) is 37.1 Å². The summed E-state index contributed by atoms with van der Waals surface area (Å²) in [6, 6.07) is 0. The summed E-state index contributed by atoms with van der Waals surface area (Å²) in [7, 11) is -1.42. The number of hydrogen-bond acceptors (Lipinski definition) is 3. The van der Waals surface area contributed by atoms with Crippen LogP contribution < -0.4 is 0 Å². The SMILES string of the molecule is C=C1[C@H](C)CC(=C/C=C2\CCC[C@@]3(C)C2CCC3[C@@H](C)CC)C[C@H]1C.C=C1[C@H](C)CC(=CC)C[C@H]1C.C=C1[C@H](O)CC(=C/C=C2\CCC[C@@]3(C)C2CCC3[C@@H](C)CC)C[C@H]1O.CC[C@H](C)C1CCC2C(=O)CCC[C@@]21C.[3H]B(C)F. The van der Waals surface area contributed by atoms with Crippen molar-refractivity contribution in [3.8, 4) is 0 Å². The number of aliphatic hydroxyl groups excluding tert-OH is 2. The van der Waals surface area contributed by atoms with Gasteiger partial charge in [-0.25, -0.2) is 0 Å². The van der Waals surface area contributed by atoms with Crippen LogP contribution in [0.5, 0.6) is 0 Å². The molecule has 79 heavy (non-hydrogen) atoms. The van der Waals surface area contributed by atoms with Gasteiger partial charge in [0.25, 0.3) is 0 Å². The maximum atomic E-state index is 11.9. The summed E-state index contributed by atoms with van der Waals surface area (Å²) in [4.78, 5) is 11.9. The number of hydrogen-bond donors (Lipinski definition) is 2. The predicted molar refractivity (Wildman–Crippen MR) is 342 cm³/mol. The average molecular weight is 1090 g/mol. The lowest BCUT2D eigenvalue weighted by Gasteiger charge is -2.44. The van der Waals surface area contributed by atoms with Crippen molar-refractivity contribution in [1.29, 1.82) is 1.34 Å². The van der Waals surface area contributed by atoms with Crippen molar-refractivity contribution in [3.63, 3.8) is 0 Å². The normalized spacial score (nSPS) is 39.4. The molecule has 0 spiro atoms. The Kier molecular flexibility index (Phi) is 25.2. The maximum absolute atomic E-state index is 11.9. The number of carbonyl (C=O) groups is 1. The molecule has 0 aliphatic heterocycles. The van der Waals surface area contributed by atoms with E-state index in [-0.39, 0.29) is 0 Å². The highest BCUT2D eigenvalue weighted by Crippen LogP contribution is 2.62. The smallest absolute Gasteiger partial charge is 0.328 e. The van der Waals surface area contributed by atoms with Crippen LogP contribution in [0.25, 0.3) is 0 Å².